The Morgan fingerprint density at radius 2 is 0.965 bits per heavy atom. The maximum absolute atomic E-state index is 5.18. The van der Waals surface area contributed by atoms with Crippen molar-refractivity contribution < 1.29 is 0 Å². The van der Waals surface area contributed by atoms with E-state index in [-0.39, 0.29) is 0 Å². The van der Waals surface area contributed by atoms with Crippen LogP contribution < -0.4 is 0 Å². The Hall–Kier alpha value is -7.48. The molecule has 0 saturated carbocycles. The van der Waals surface area contributed by atoms with Gasteiger partial charge in [0, 0.05) is 76.0 Å². The topological polar surface area (TPSA) is 61.4 Å². The molecule has 6 nitrogen and oxygen atoms in total. The summed E-state index contributed by atoms with van der Waals surface area (Å²) in [5, 5.41) is 7.09. The van der Waals surface area contributed by atoms with Crippen molar-refractivity contribution >= 4 is 75.3 Å². The van der Waals surface area contributed by atoms with Crippen LogP contribution in [0, 0.1) is 0 Å². The smallest absolute Gasteiger partial charge is 0.164 e. The molecule has 12 rings (SSSR count). The molecule has 0 aliphatic carbocycles. The lowest BCUT2D eigenvalue weighted by atomic mass is 10.1. The molecular formula is C50H30N6S. The zero-order chi connectivity index (χ0) is 37.5. The molecule has 0 N–H and O–H groups in total. The van der Waals surface area contributed by atoms with E-state index in [0.29, 0.717) is 17.5 Å². The fourth-order valence-electron chi connectivity index (χ4n) is 8.42. The van der Waals surface area contributed by atoms with Crippen LogP contribution in [0.1, 0.15) is 0 Å². The summed E-state index contributed by atoms with van der Waals surface area (Å²) >= 11 is 1.80. The SMILES string of the molecule is c1ccc(-c2nc(-c3ccc4c(c3)sc3ccccc34)nc(-c3ccc4c(c3)c3ccc(-n5c6ccccc6c6cccnc65)cc3n4-c3ccccc3)n2)cc1. The van der Waals surface area contributed by atoms with Crippen LogP contribution in [0.25, 0.3) is 109 Å². The highest BCUT2D eigenvalue weighted by atomic mass is 32.1. The van der Waals surface area contributed by atoms with E-state index in [2.05, 4.69) is 161 Å². The first kappa shape index (κ1) is 31.8. The standard InChI is InChI=1S/C50H30N6S/c1-3-12-31(13-4-1)47-52-48(54-49(53-47)33-21-24-39-38-17-8-10-20-45(38)57-46(39)29-33)32-22-26-43-41(28-32)37-25-23-35(30-44(37)55(43)34-14-5-2-6-15-34)56-42-19-9-7-16-36(42)40-18-11-27-51-50(40)56/h1-30H. The van der Waals surface area contributed by atoms with Gasteiger partial charge in [-0.3, -0.25) is 4.57 Å². The highest BCUT2D eigenvalue weighted by molar-refractivity contribution is 7.25. The number of fused-ring (bicyclic) bond motifs is 9. The summed E-state index contributed by atoms with van der Waals surface area (Å²) in [6, 6.07) is 61.9. The molecule has 7 aromatic carbocycles. The molecule has 0 aliphatic heterocycles. The molecule has 12 aromatic rings. The van der Waals surface area contributed by atoms with E-state index in [1.807, 2.05) is 30.5 Å². The fraction of sp³-hybridized carbons (Fsp3) is 0. The fourth-order valence-corrected chi connectivity index (χ4v) is 9.56. The van der Waals surface area contributed by atoms with Crippen LogP contribution in [-0.2, 0) is 0 Å². The first-order valence-corrected chi connectivity index (χ1v) is 19.8. The number of hydrogen-bond donors (Lipinski definition) is 0. The lowest BCUT2D eigenvalue weighted by Crippen LogP contribution is -2.00. The van der Waals surface area contributed by atoms with Crippen LogP contribution in [0.4, 0.5) is 0 Å². The van der Waals surface area contributed by atoms with Crippen molar-refractivity contribution in [2.75, 3.05) is 0 Å². The third-order valence-electron chi connectivity index (χ3n) is 11.0. The van der Waals surface area contributed by atoms with Gasteiger partial charge in [-0.2, -0.15) is 0 Å². The third-order valence-corrected chi connectivity index (χ3v) is 12.2. The van der Waals surface area contributed by atoms with Gasteiger partial charge in [-0.05, 0) is 72.8 Å². The monoisotopic (exact) mass is 746 g/mol. The van der Waals surface area contributed by atoms with E-state index in [1.165, 1.54) is 25.6 Å². The summed E-state index contributed by atoms with van der Waals surface area (Å²) in [4.78, 5) is 20.2. The lowest BCUT2D eigenvalue weighted by Gasteiger charge is -2.11. The van der Waals surface area contributed by atoms with Gasteiger partial charge < -0.3 is 4.57 Å². The summed E-state index contributed by atoms with van der Waals surface area (Å²) < 4.78 is 7.11. The van der Waals surface area contributed by atoms with Crippen molar-refractivity contribution in [3.05, 3.63) is 182 Å². The van der Waals surface area contributed by atoms with E-state index >= 15 is 0 Å². The minimum Gasteiger partial charge on any atom is -0.309 e. The Labute approximate surface area is 330 Å². The van der Waals surface area contributed by atoms with Crippen LogP contribution in [0.5, 0.6) is 0 Å². The summed E-state index contributed by atoms with van der Waals surface area (Å²) in [5.74, 6) is 1.92. The molecular weight excluding hydrogens is 717 g/mol. The van der Waals surface area contributed by atoms with E-state index in [9.17, 15) is 0 Å². The van der Waals surface area contributed by atoms with Crippen molar-refractivity contribution in [3.8, 4) is 45.5 Å². The number of pyridine rings is 1. The molecule has 0 radical (unpaired) electrons. The van der Waals surface area contributed by atoms with E-state index in [0.717, 1.165) is 66.4 Å². The Morgan fingerprint density at radius 3 is 1.81 bits per heavy atom. The normalized spacial score (nSPS) is 11.9. The largest absolute Gasteiger partial charge is 0.309 e. The zero-order valence-electron chi connectivity index (χ0n) is 30.4. The molecule has 0 bridgehead atoms. The maximum Gasteiger partial charge on any atom is 0.164 e. The number of hydrogen-bond acceptors (Lipinski definition) is 5. The van der Waals surface area contributed by atoms with Gasteiger partial charge in [0.25, 0.3) is 0 Å². The number of aromatic nitrogens is 6. The van der Waals surface area contributed by atoms with E-state index in [4.69, 9.17) is 19.9 Å². The quantitative estimate of drug-likeness (QED) is 0.176. The molecule has 0 unspecified atom stereocenters. The van der Waals surface area contributed by atoms with Gasteiger partial charge in [-0.25, -0.2) is 19.9 Å². The Kier molecular flexibility index (Phi) is 7.00. The van der Waals surface area contributed by atoms with Crippen LogP contribution >= 0.6 is 11.3 Å². The molecule has 0 amide bonds. The van der Waals surface area contributed by atoms with Gasteiger partial charge in [-0.15, -0.1) is 11.3 Å². The van der Waals surface area contributed by atoms with Gasteiger partial charge in [-0.1, -0.05) is 103 Å². The molecule has 57 heavy (non-hydrogen) atoms. The van der Waals surface area contributed by atoms with Crippen LogP contribution in [0.15, 0.2) is 182 Å². The average molecular weight is 747 g/mol. The molecule has 7 heteroatoms. The third kappa shape index (κ3) is 5.03. The van der Waals surface area contributed by atoms with Crippen LogP contribution in [0.3, 0.4) is 0 Å². The minimum atomic E-state index is 0.630. The highest BCUT2D eigenvalue weighted by Crippen LogP contribution is 2.39. The Bertz CT molecular complexity index is 3470. The van der Waals surface area contributed by atoms with Crippen molar-refractivity contribution in [3.63, 3.8) is 0 Å². The summed E-state index contributed by atoms with van der Waals surface area (Å²) in [7, 11) is 0. The number of nitrogens with zero attached hydrogens (tertiary/aromatic N) is 6. The molecule has 0 fully saturated rings. The molecule has 0 spiro atoms. The molecule has 0 atom stereocenters. The van der Waals surface area contributed by atoms with Gasteiger partial charge in [0.15, 0.2) is 17.5 Å². The minimum absolute atomic E-state index is 0.630. The van der Waals surface area contributed by atoms with Gasteiger partial charge in [0.05, 0.1) is 16.6 Å². The first-order valence-electron chi connectivity index (χ1n) is 19.0. The number of benzene rings is 7. The molecule has 0 saturated heterocycles. The van der Waals surface area contributed by atoms with Crippen LogP contribution in [-0.4, -0.2) is 29.1 Å². The summed E-state index contributed by atoms with van der Waals surface area (Å²) in [5.41, 5.74) is 9.24. The molecule has 5 heterocycles. The maximum atomic E-state index is 5.18. The summed E-state index contributed by atoms with van der Waals surface area (Å²) in [6.07, 6.45) is 1.87. The van der Waals surface area contributed by atoms with E-state index in [1.54, 1.807) is 11.3 Å². The Balaban J connectivity index is 1.07. The molecule has 266 valence electrons. The lowest BCUT2D eigenvalue weighted by molar-refractivity contribution is 1.07. The van der Waals surface area contributed by atoms with Crippen molar-refractivity contribution in [2.45, 2.75) is 0 Å². The van der Waals surface area contributed by atoms with Gasteiger partial charge >= 0.3 is 0 Å². The average Bonchev–Trinajstić information content (AvgIpc) is 3.93. The Morgan fingerprint density at radius 1 is 0.351 bits per heavy atom. The van der Waals surface area contributed by atoms with Gasteiger partial charge in [0.1, 0.15) is 5.65 Å². The van der Waals surface area contributed by atoms with Gasteiger partial charge in [0.2, 0.25) is 0 Å². The molecule has 0 aliphatic rings. The van der Waals surface area contributed by atoms with Crippen LogP contribution in [0.2, 0.25) is 0 Å². The van der Waals surface area contributed by atoms with Crippen molar-refractivity contribution in [2.24, 2.45) is 0 Å². The van der Waals surface area contributed by atoms with Crippen molar-refractivity contribution in [1.29, 1.82) is 0 Å². The zero-order valence-corrected chi connectivity index (χ0v) is 31.2. The summed E-state index contributed by atoms with van der Waals surface area (Å²) in [6.45, 7) is 0. The number of thiophene rings is 1. The second kappa shape index (κ2) is 12.5. The molecule has 5 aromatic heterocycles. The highest BCUT2D eigenvalue weighted by Gasteiger charge is 2.19. The number of rotatable bonds is 5. The first-order chi connectivity index (χ1) is 28.2. The second-order valence-corrected chi connectivity index (χ2v) is 15.4. The predicted molar refractivity (Wildman–Crippen MR) is 235 cm³/mol. The van der Waals surface area contributed by atoms with E-state index < -0.39 is 0 Å². The predicted octanol–water partition coefficient (Wildman–Crippen LogP) is 12.8. The number of para-hydroxylation sites is 2. The second-order valence-electron chi connectivity index (χ2n) is 14.3. The van der Waals surface area contributed by atoms with Crippen molar-refractivity contribution in [1.82, 2.24) is 29.1 Å².